The number of carbonyl (C=O) groups excluding carboxylic acids is 3. The van der Waals surface area contributed by atoms with Gasteiger partial charge in [0, 0.05) is 82.5 Å². The Balaban J connectivity index is -0.000000734. The predicted molar refractivity (Wildman–Crippen MR) is 267 cm³/mol. The molecule has 0 radical (unpaired) electrons. The summed E-state index contributed by atoms with van der Waals surface area (Å²) in [4.78, 5) is 39.4. The molecule has 0 bridgehead atoms. The summed E-state index contributed by atoms with van der Waals surface area (Å²) >= 11 is 0. The molecule has 4 aliphatic rings. The molecule has 0 amide bonds. The monoisotopic (exact) mass is 987 g/mol. The van der Waals surface area contributed by atoms with Crippen molar-refractivity contribution < 1.29 is 50.7 Å². The van der Waals surface area contributed by atoms with Crippen LogP contribution < -0.4 is 31.8 Å². The minimum absolute atomic E-state index is 0. The Hall–Kier alpha value is -1.94. The molecular formula is C52H91BrMgN4O7. The molecule has 2 N–H and O–H groups in total. The fourth-order valence-electron chi connectivity index (χ4n) is 8.01. The summed E-state index contributed by atoms with van der Waals surface area (Å²) in [6, 6.07) is 18.2. The Kier molecular flexibility index (Phi) is 43.7. The molecule has 65 heavy (non-hydrogen) atoms. The van der Waals surface area contributed by atoms with Crippen molar-refractivity contribution in [2.45, 2.75) is 122 Å². The minimum atomic E-state index is -0.711. The molecule has 11 nitrogen and oxygen atoms in total. The van der Waals surface area contributed by atoms with Crippen LogP contribution in [-0.4, -0.2) is 164 Å². The van der Waals surface area contributed by atoms with E-state index in [4.69, 9.17) is 9.47 Å². The van der Waals surface area contributed by atoms with Crippen LogP contribution in [0.1, 0.15) is 122 Å². The first-order chi connectivity index (χ1) is 30.1. The average molecular weight is 989 g/mol. The van der Waals surface area contributed by atoms with Gasteiger partial charge in [0.2, 0.25) is 0 Å². The second kappa shape index (κ2) is 42.2. The van der Waals surface area contributed by atoms with Crippen LogP contribution in [0.3, 0.4) is 0 Å². The summed E-state index contributed by atoms with van der Waals surface area (Å²) in [5, 5.41) is 13.9. The van der Waals surface area contributed by atoms with Crippen molar-refractivity contribution in [1.29, 1.82) is 0 Å². The molecule has 0 aliphatic heterocycles. The number of ketones is 3. The number of methoxy groups -OCH3 is 3. The van der Waals surface area contributed by atoms with Gasteiger partial charge < -0.3 is 56.3 Å². The first kappa shape index (κ1) is 67.3. The summed E-state index contributed by atoms with van der Waals surface area (Å²) in [6.07, 6.45) is 18.0. The van der Waals surface area contributed by atoms with Crippen LogP contribution >= 0.6 is 0 Å². The molecule has 13 heteroatoms. The molecule has 4 fully saturated rings. The van der Waals surface area contributed by atoms with Crippen molar-refractivity contribution >= 4 is 40.4 Å². The predicted octanol–water partition coefficient (Wildman–Crippen LogP) is 5.38. The number of carbonyl (C=O) groups is 3. The average Bonchev–Trinajstić information content (AvgIpc) is 3.27. The number of halogens is 1. The Labute approximate surface area is 423 Å². The Morgan fingerprint density at radius 3 is 1.51 bits per heavy atom. The molecule has 0 saturated heterocycles. The van der Waals surface area contributed by atoms with Gasteiger partial charge in [0.25, 0.3) is 0 Å². The van der Waals surface area contributed by atoms with E-state index in [2.05, 4.69) is 44.9 Å². The summed E-state index contributed by atoms with van der Waals surface area (Å²) in [5.74, 6) is 4.05. The van der Waals surface area contributed by atoms with Crippen LogP contribution in [-0.2, 0) is 24.7 Å². The molecule has 370 valence electrons. The number of benzene rings is 2. The van der Waals surface area contributed by atoms with Gasteiger partial charge in [-0.05, 0) is 132 Å². The van der Waals surface area contributed by atoms with E-state index in [1.165, 1.54) is 25.7 Å². The second-order valence-electron chi connectivity index (χ2n) is 17.8. The Morgan fingerprint density at radius 1 is 0.677 bits per heavy atom. The molecule has 2 aromatic carbocycles. The fourth-order valence-corrected chi connectivity index (χ4v) is 8.01. The van der Waals surface area contributed by atoms with E-state index in [9.17, 15) is 19.5 Å². The zero-order chi connectivity index (χ0) is 47.5. The van der Waals surface area contributed by atoms with Gasteiger partial charge in [-0.15, -0.1) is 12.1 Å². The van der Waals surface area contributed by atoms with Crippen LogP contribution in [0.5, 0.6) is 11.5 Å². The summed E-state index contributed by atoms with van der Waals surface area (Å²) in [6.45, 7) is 5.59. The third kappa shape index (κ3) is 32.4. The van der Waals surface area contributed by atoms with E-state index < -0.39 is 5.60 Å². The van der Waals surface area contributed by atoms with Crippen LogP contribution in [0.2, 0.25) is 0 Å². The van der Waals surface area contributed by atoms with Gasteiger partial charge in [0.15, 0.2) is 0 Å². The van der Waals surface area contributed by atoms with E-state index in [1.54, 1.807) is 27.4 Å². The number of aliphatic hydroxyl groups is 1. The first-order valence-electron chi connectivity index (χ1n) is 23.6. The maximum atomic E-state index is 11.3. The number of rotatable bonds is 10. The summed E-state index contributed by atoms with van der Waals surface area (Å²) < 4.78 is 14.7. The summed E-state index contributed by atoms with van der Waals surface area (Å²) in [7, 11) is 21.0. The molecule has 2 unspecified atom stereocenters. The number of ether oxygens (including phenoxy) is 3. The van der Waals surface area contributed by atoms with Gasteiger partial charge >= 0.3 is 23.1 Å². The second-order valence-corrected chi connectivity index (χ2v) is 17.8. The molecule has 4 aliphatic carbocycles. The van der Waals surface area contributed by atoms with Gasteiger partial charge in [-0.25, -0.2) is 0 Å². The Morgan fingerprint density at radius 2 is 1.14 bits per heavy atom. The van der Waals surface area contributed by atoms with Crippen LogP contribution in [0.25, 0.3) is 0 Å². The maximum Gasteiger partial charge on any atom is 2.00 e. The standard InChI is InChI=1S/C16H25NO2.2C9H17NO.C7H7O.C6H10O.C3H8O.C2H7N.BrH.Mg/c1-17(2)12-14-7-4-5-10-16(14,18)13-8-6-9-15(11-13)19-3;2*1-10(2)7-8-5-3-4-6-9(8)11;1-8-7-5-3-2-4-6-7;7-6-4-2-1-3-5-6;1-3-4-2;1-3-2;;/h6,8-9,11,14,18H,4-5,7,10,12H2,1-3H3;2*8H,3-7H2,1-2H3;2-3,5-6H,1H3;1-5H2;3H2,1-2H3;3H,1-2H3;1H;/q;;;-1;;;;;+2/p-1/t14-,16+;;;;;;;;/m0......../s1. The Bertz CT molecular complexity index is 1410. The quantitative estimate of drug-likeness (QED) is 0.236. The van der Waals surface area contributed by atoms with E-state index >= 15 is 0 Å². The van der Waals surface area contributed by atoms with Crippen molar-refractivity contribution in [2.75, 3.05) is 104 Å². The van der Waals surface area contributed by atoms with Gasteiger partial charge in [0.1, 0.15) is 23.1 Å². The molecule has 4 atom stereocenters. The van der Waals surface area contributed by atoms with E-state index in [0.29, 0.717) is 35.1 Å². The van der Waals surface area contributed by atoms with Crippen molar-refractivity contribution in [3.8, 4) is 11.5 Å². The normalized spacial score (nSPS) is 21.1. The number of nitrogens with one attached hydrogen (secondary N) is 1. The molecular weight excluding hydrogens is 897 g/mol. The van der Waals surface area contributed by atoms with Gasteiger partial charge in [-0.3, -0.25) is 14.4 Å². The maximum absolute atomic E-state index is 11.3. The smallest absolute Gasteiger partial charge is 1.00 e. The van der Waals surface area contributed by atoms with Gasteiger partial charge in [-0.1, -0.05) is 44.2 Å². The van der Waals surface area contributed by atoms with Crippen molar-refractivity contribution in [1.82, 2.24) is 20.0 Å². The molecule has 0 aromatic heterocycles. The molecule has 6 rings (SSSR count). The van der Waals surface area contributed by atoms with Crippen molar-refractivity contribution in [3.63, 3.8) is 0 Å². The minimum Gasteiger partial charge on any atom is -1.00 e. The van der Waals surface area contributed by atoms with E-state index in [1.807, 2.05) is 91.7 Å². The van der Waals surface area contributed by atoms with Crippen molar-refractivity contribution in [2.24, 2.45) is 17.8 Å². The van der Waals surface area contributed by atoms with E-state index in [-0.39, 0.29) is 40.0 Å². The van der Waals surface area contributed by atoms with Gasteiger partial charge in [-0.2, -0.15) is 18.2 Å². The van der Waals surface area contributed by atoms with Crippen LogP contribution in [0.4, 0.5) is 0 Å². The van der Waals surface area contributed by atoms with Crippen molar-refractivity contribution in [3.05, 3.63) is 60.2 Å². The fraction of sp³-hybridized carbons (Fsp3) is 0.712. The SMILES string of the molecule is CCOC.CN(C)CC1CCCCC1=O.CN(C)CC1CCCCC1=O.CNC.COc1c[c-]ccc1.COc1cccc([C@]2(O)CCCC[C@H]2CN(C)C)c1.O=C1CCCCC1.[Br-].[Mg+2]. The number of Topliss-reactive ketones (excluding diaryl/α,β-unsaturated/α-hetero) is 3. The number of nitrogens with zero attached hydrogens (tertiary/aromatic N) is 3. The van der Waals surface area contributed by atoms with Gasteiger partial charge in [0.05, 0.1) is 19.8 Å². The largest absolute Gasteiger partial charge is 2.00 e. The molecule has 4 saturated carbocycles. The zero-order valence-corrected chi connectivity index (χ0v) is 46.0. The molecule has 2 aromatic rings. The topological polar surface area (TPSA) is 121 Å². The van der Waals surface area contributed by atoms with Crippen LogP contribution in [0, 0.1) is 23.8 Å². The third-order valence-electron chi connectivity index (χ3n) is 11.3. The molecule has 0 spiro atoms. The third-order valence-corrected chi connectivity index (χ3v) is 11.3. The summed E-state index contributed by atoms with van der Waals surface area (Å²) in [5.41, 5.74) is 0.287. The number of hydrogen-bond donors (Lipinski definition) is 2. The zero-order valence-electron chi connectivity index (χ0n) is 43.0. The number of hydrogen-bond acceptors (Lipinski definition) is 11. The molecule has 0 heterocycles. The van der Waals surface area contributed by atoms with Crippen LogP contribution in [0.15, 0.2) is 48.5 Å². The first-order valence-corrected chi connectivity index (χ1v) is 23.6. The van der Waals surface area contributed by atoms with E-state index in [0.717, 1.165) is 127 Å².